The van der Waals surface area contributed by atoms with Crippen LogP contribution in [0.2, 0.25) is 6.04 Å². The van der Waals surface area contributed by atoms with E-state index in [1.54, 1.807) is 21.3 Å². The average Bonchev–Trinajstić information content (AvgIpc) is 2.50. The summed E-state index contributed by atoms with van der Waals surface area (Å²) in [7, 11) is 2.75. The number of hydrogen-bond acceptors (Lipinski definition) is 4. The summed E-state index contributed by atoms with van der Waals surface area (Å²) in [5.74, 6) is 0. The van der Waals surface area contributed by atoms with Crippen molar-refractivity contribution in [2.75, 3.05) is 67.1 Å². The maximum absolute atomic E-state index is 5.47. The molecule has 6 heteroatoms. The molecule has 0 aliphatic carbocycles. The largest absolute Gasteiger partial charge is 0.500 e. The summed E-state index contributed by atoms with van der Waals surface area (Å²) in [4.78, 5) is 2.60. The van der Waals surface area contributed by atoms with Crippen molar-refractivity contribution in [2.24, 2.45) is 0 Å². The van der Waals surface area contributed by atoms with Crippen molar-refractivity contribution in [2.45, 2.75) is 18.9 Å². The third-order valence-electron chi connectivity index (χ3n) is 4.97. The van der Waals surface area contributed by atoms with Crippen molar-refractivity contribution in [3.8, 4) is 0 Å². The number of hydrogen-bond donors (Lipinski definition) is 0. The molecule has 0 unspecified atom stereocenters. The molecule has 112 valence electrons. The molecule has 0 aromatic rings. The number of fused-ring (bicyclic) bond motifs is 3. The Morgan fingerprint density at radius 3 is 1.89 bits per heavy atom. The number of unbranched alkanes of at least 4 members (excludes halogenated alkanes) is 1. The molecule has 3 rings (SSSR count). The highest BCUT2D eigenvalue weighted by molar-refractivity contribution is 6.60. The Morgan fingerprint density at radius 2 is 1.42 bits per heavy atom. The molecule has 3 heterocycles. The van der Waals surface area contributed by atoms with E-state index < -0.39 is 8.80 Å². The summed E-state index contributed by atoms with van der Waals surface area (Å²) in [5, 5.41) is 0. The predicted octanol–water partition coefficient (Wildman–Crippen LogP) is 0.791. The standard InChI is InChI=1S/C13H29N2O3Si/c1-16-19(17-2,18-3)13-5-4-9-15-10-6-14(7-11-15)8-12-15/h4-13H2,1-3H3/q+1. The van der Waals surface area contributed by atoms with Crippen LogP contribution in [0.1, 0.15) is 12.8 Å². The van der Waals surface area contributed by atoms with Crippen LogP contribution in [0.5, 0.6) is 0 Å². The molecular formula is C13H29N2O3Si+. The fourth-order valence-corrected chi connectivity index (χ4v) is 5.21. The van der Waals surface area contributed by atoms with E-state index in [-0.39, 0.29) is 0 Å². The highest BCUT2D eigenvalue weighted by atomic mass is 28.4. The van der Waals surface area contributed by atoms with E-state index in [9.17, 15) is 0 Å². The van der Waals surface area contributed by atoms with Gasteiger partial charge in [-0.1, -0.05) is 0 Å². The third kappa shape index (κ3) is 3.56. The lowest BCUT2D eigenvalue weighted by Gasteiger charge is -2.50. The normalized spacial score (nSPS) is 30.8. The first-order chi connectivity index (χ1) is 9.17. The van der Waals surface area contributed by atoms with E-state index >= 15 is 0 Å². The molecule has 3 aliphatic heterocycles. The molecule has 3 aliphatic rings. The number of quaternary nitrogens is 1. The maximum atomic E-state index is 5.47. The number of piperazine rings is 3. The van der Waals surface area contributed by atoms with E-state index in [0.717, 1.165) is 12.5 Å². The minimum absolute atomic E-state index is 0.933. The van der Waals surface area contributed by atoms with Crippen LogP contribution < -0.4 is 0 Å². The highest BCUT2D eigenvalue weighted by Crippen LogP contribution is 2.22. The van der Waals surface area contributed by atoms with Crippen LogP contribution in [0.15, 0.2) is 0 Å². The minimum Gasteiger partial charge on any atom is -0.377 e. The van der Waals surface area contributed by atoms with Crippen LogP contribution in [0, 0.1) is 0 Å². The Bertz CT molecular complexity index is 257. The molecular weight excluding hydrogens is 260 g/mol. The lowest BCUT2D eigenvalue weighted by atomic mass is 10.1. The zero-order valence-electron chi connectivity index (χ0n) is 12.7. The topological polar surface area (TPSA) is 30.9 Å². The molecule has 0 spiro atoms. The van der Waals surface area contributed by atoms with Crippen LogP contribution in [-0.4, -0.2) is 85.3 Å². The molecule has 3 saturated heterocycles. The summed E-state index contributed by atoms with van der Waals surface area (Å²) in [6.45, 7) is 9.26. The second-order valence-electron chi connectivity index (χ2n) is 5.83. The maximum Gasteiger partial charge on any atom is 0.500 e. The first kappa shape index (κ1) is 15.4. The second-order valence-corrected chi connectivity index (χ2v) is 8.92. The third-order valence-corrected chi connectivity index (χ3v) is 7.80. The van der Waals surface area contributed by atoms with Gasteiger partial charge in [0.1, 0.15) is 0 Å². The highest BCUT2D eigenvalue weighted by Gasteiger charge is 2.39. The Kier molecular flexibility index (Phi) is 5.39. The van der Waals surface area contributed by atoms with Gasteiger partial charge in [-0.15, -0.1) is 0 Å². The van der Waals surface area contributed by atoms with Gasteiger partial charge >= 0.3 is 8.80 Å². The number of nitrogens with zero attached hydrogens (tertiary/aromatic N) is 2. The second kappa shape index (κ2) is 6.65. The van der Waals surface area contributed by atoms with Crippen molar-refractivity contribution in [3.05, 3.63) is 0 Å². The fraction of sp³-hybridized carbons (Fsp3) is 1.00. The van der Waals surface area contributed by atoms with Gasteiger partial charge in [0.2, 0.25) is 0 Å². The molecule has 0 aromatic carbocycles. The Hall–Kier alpha value is 0.0169. The molecule has 0 amide bonds. The zero-order valence-corrected chi connectivity index (χ0v) is 13.7. The van der Waals surface area contributed by atoms with Gasteiger partial charge in [-0.3, -0.25) is 4.90 Å². The van der Waals surface area contributed by atoms with Gasteiger partial charge in [-0.05, 0) is 12.8 Å². The summed E-state index contributed by atoms with van der Waals surface area (Å²) in [6.07, 6.45) is 2.40. The molecule has 3 fully saturated rings. The summed E-state index contributed by atoms with van der Waals surface area (Å²) < 4.78 is 17.8. The fourth-order valence-electron chi connectivity index (χ4n) is 3.41. The van der Waals surface area contributed by atoms with E-state index in [4.69, 9.17) is 13.3 Å². The van der Waals surface area contributed by atoms with Gasteiger partial charge in [0.25, 0.3) is 0 Å². The molecule has 19 heavy (non-hydrogen) atoms. The lowest BCUT2D eigenvalue weighted by molar-refractivity contribution is -0.941. The first-order valence-electron chi connectivity index (χ1n) is 7.40. The van der Waals surface area contributed by atoms with Crippen LogP contribution in [0.3, 0.4) is 0 Å². The molecule has 0 saturated carbocycles. The molecule has 0 aromatic heterocycles. The zero-order chi connectivity index (χ0) is 13.8. The van der Waals surface area contributed by atoms with Crippen molar-refractivity contribution in [1.29, 1.82) is 0 Å². The van der Waals surface area contributed by atoms with Gasteiger partial charge in [0.15, 0.2) is 0 Å². The molecule has 0 radical (unpaired) electrons. The van der Waals surface area contributed by atoms with Gasteiger partial charge in [-0.2, -0.15) is 0 Å². The Balaban J connectivity index is 1.71. The van der Waals surface area contributed by atoms with Crippen LogP contribution in [-0.2, 0) is 13.3 Å². The molecule has 0 N–H and O–H groups in total. The molecule has 5 nitrogen and oxygen atoms in total. The summed E-state index contributed by atoms with van der Waals surface area (Å²) in [5.41, 5.74) is 0. The summed E-state index contributed by atoms with van der Waals surface area (Å²) in [6, 6.07) is 0.933. The molecule has 0 atom stereocenters. The van der Waals surface area contributed by atoms with E-state index in [0.29, 0.717) is 0 Å². The van der Waals surface area contributed by atoms with E-state index in [1.165, 1.54) is 56.7 Å². The van der Waals surface area contributed by atoms with Crippen molar-refractivity contribution >= 4 is 8.80 Å². The Morgan fingerprint density at radius 1 is 0.895 bits per heavy atom. The van der Waals surface area contributed by atoms with Gasteiger partial charge < -0.3 is 17.8 Å². The van der Waals surface area contributed by atoms with Gasteiger partial charge in [0.05, 0.1) is 26.2 Å². The van der Waals surface area contributed by atoms with Crippen LogP contribution in [0.25, 0.3) is 0 Å². The van der Waals surface area contributed by atoms with Gasteiger partial charge in [-0.25, -0.2) is 0 Å². The molecule has 2 bridgehead atoms. The van der Waals surface area contributed by atoms with E-state index in [2.05, 4.69) is 4.90 Å². The number of rotatable bonds is 8. The average molecular weight is 289 g/mol. The lowest BCUT2D eigenvalue weighted by Crippen LogP contribution is -2.67. The van der Waals surface area contributed by atoms with E-state index in [1.807, 2.05) is 0 Å². The SMILES string of the molecule is CO[Si](CCCC[N+]12CCN(CC1)CC2)(OC)OC. The Labute approximate surface area is 118 Å². The van der Waals surface area contributed by atoms with Crippen LogP contribution >= 0.6 is 0 Å². The smallest absolute Gasteiger partial charge is 0.377 e. The quantitative estimate of drug-likeness (QED) is 0.376. The van der Waals surface area contributed by atoms with Crippen molar-refractivity contribution < 1.29 is 17.8 Å². The van der Waals surface area contributed by atoms with Crippen molar-refractivity contribution in [3.63, 3.8) is 0 Å². The van der Waals surface area contributed by atoms with Crippen molar-refractivity contribution in [1.82, 2.24) is 4.90 Å². The summed E-state index contributed by atoms with van der Waals surface area (Å²) >= 11 is 0. The first-order valence-corrected chi connectivity index (χ1v) is 9.34. The van der Waals surface area contributed by atoms with Crippen LogP contribution in [0.4, 0.5) is 0 Å². The van der Waals surface area contributed by atoms with Gasteiger partial charge in [0, 0.05) is 47.0 Å². The minimum atomic E-state index is -2.34. The monoisotopic (exact) mass is 289 g/mol. The predicted molar refractivity (Wildman–Crippen MR) is 77.0 cm³/mol.